The highest BCUT2D eigenvalue weighted by molar-refractivity contribution is 6.30. The summed E-state index contributed by atoms with van der Waals surface area (Å²) >= 11 is 5.79. The van der Waals surface area contributed by atoms with Crippen LogP contribution in [0.3, 0.4) is 0 Å². The van der Waals surface area contributed by atoms with Gasteiger partial charge in [0.15, 0.2) is 0 Å². The van der Waals surface area contributed by atoms with Crippen molar-refractivity contribution in [3.8, 4) is 12.8 Å². The largest absolute Gasteiger partial charge is 0.385 e. The molecule has 4 nitrogen and oxygen atoms in total. The summed E-state index contributed by atoms with van der Waals surface area (Å²) in [7, 11) is 0. The Balaban J connectivity index is 0.000000254. The van der Waals surface area contributed by atoms with E-state index in [1.165, 1.54) is 17.7 Å². The lowest BCUT2D eigenvalue weighted by atomic mass is 9.88. The van der Waals surface area contributed by atoms with Crippen LogP contribution in [0.25, 0.3) is 0 Å². The van der Waals surface area contributed by atoms with Crippen LogP contribution in [0.5, 0.6) is 0 Å². The third kappa shape index (κ3) is 6.28. The van der Waals surface area contributed by atoms with Crippen molar-refractivity contribution in [1.82, 2.24) is 5.32 Å². The van der Waals surface area contributed by atoms with Gasteiger partial charge in [0.2, 0.25) is 6.41 Å². The Hall–Kier alpha value is -2.55. The average Bonchev–Trinajstić information content (AvgIpc) is 2.64. The van der Waals surface area contributed by atoms with Crippen molar-refractivity contribution in [2.75, 3.05) is 25.1 Å². The number of ether oxygens (including phenoxy) is 1. The summed E-state index contributed by atoms with van der Waals surface area (Å²) in [6.07, 6.45) is 8.64. The molecule has 1 saturated heterocycles. The van der Waals surface area contributed by atoms with Crippen LogP contribution in [-0.2, 0) is 15.1 Å². The first-order chi connectivity index (χ1) is 13.0. The number of halogens is 2. The number of amides is 1. The van der Waals surface area contributed by atoms with Gasteiger partial charge in [-0.3, -0.25) is 4.79 Å². The Morgan fingerprint density at radius 2 is 1.85 bits per heavy atom. The number of carbonyl (C=O) groups is 1. The van der Waals surface area contributed by atoms with Crippen molar-refractivity contribution in [3.05, 3.63) is 64.4 Å². The van der Waals surface area contributed by atoms with E-state index in [0.717, 1.165) is 22.8 Å². The zero-order valence-corrected chi connectivity index (χ0v) is 16.2. The van der Waals surface area contributed by atoms with Gasteiger partial charge in [-0.25, -0.2) is 4.39 Å². The highest BCUT2D eigenvalue weighted by atomic mass is 35.5. The molecule has 0 aromatic heterocycles. The summed E-state index contributed by atoms with van der Waals surface area (Å²) in [5.74, 6) is -0.282. The standard InChI is InChI=1S/C10H10FNO2.C9H12ClN.C2H2/c11-9-3-1-8(2-4-9)10(12-7-13)5-14-6-10;1-3-11-9-5-4-8(10)6-7(9)2;1-2/h1-4,7H,5-6H2,(H,12,13);4-6,11H,3H2,1-2H3;1-2H. The number of terminal acetylenes is 1. The minimum Gasteiger partial charge on any atom is -0.385 e. The zero-order valence-electron chi connectivity index (χ0n) is 15.5. The molecule has 2 aromatic rings. The second-order valence-corrected chi connectivity index (χ2v) is 6.27. The summed E-state index contributed by atoms with van der Waals surface area (Å²) < 4.78 is 17.7. The predicted molar refractivity (Wildman–Crippen MR) is 108 cm³/mol. The van der Waals surface area contributed by atoms with Crippen molar-refractivity contribution in [3.63, 3.8) is 0 Å². The number of carbonyl (C=O) groups excluding carboxylic acids is 1. The monoisotopic (exact) mass is 390 g/mol. The van der Waals surface area contributed by atoms with Gasteiger partial charge in [-0.1, -0.05) is 23.7 Å². The maximum atomic E-state index is 12.7. The fraction of sp³-hybridized carbons (Fsp3) is 0.286. The summed E-state index contributed by atoms with van der Waals surface area (Å²) in [6, 6.07) is 11.9. The molecule has 1 aliphatic rings. The lowest BCUT2D eigenvalue weighted by molar-refractivity contribution is -0.122. The van der Waals surface area contributed by atoms with Crippen molar-refractivity contribution in [2.24, 2.45) is 0 Å². The third-order valence-electron chi connectivity index (χ3n) is 3.98. The Morgan fingerprint density at radius 1 is 1.22 bits per heavy atom. The van der Waals surface area contributed by atoms with Crippen LogP contribution in [0.1, 0.15) is 18.1 Å². The van der Waals surface area contributed by atoms with Crippen LogP contribution in [0.4, 0.5) is 10.1 Å². The molecule has 1 heterocycles. The first kappa shape index (κ1) is 22.5. The molecule has 0 atom stereocenters. The van der Waals surface area contributed by atoms with Gasteiger partial charge in [0.25, 0.3) is 0 Å². The average molecular weight is 391 g/mol. The highest BCUT2D eigenvalue weighted by Crippen LogP contribution is 2.29. The molecule has 144 valence electrons. The van der Waals surface area contributed by atoms with E-state index >= 15 is 0 Å². The third-order valence-corrected chi connectivity index (χ3v) is 4.22. The molecule has 0 bridgehead atoms. The summed E-state index contributed by atoms with van der Waals surface area (Å²) in [5.41, 5.74) is 2.78. The van der Waals surface area contributed by atoms with E-state index < -0.39 is 5.54 Å². The number of aryl methyl sites for hydroxylation is 1. The van der Waals surface area contributed by atoms with E-state index in [1.54, 1.807) is 12.1 Å². The van der Waals surface area contributed by atoms with E-state index in [-0.39, 0.29) is 5.82 Å². The molecule has 6 heteroatoms. The van der Waals surface area contributed by atoms with Crippen LogP contribution < -0.4 is 10.6 Å². The van der Waals surface area contributed by atoms with Gasteiger partial charge in [-0.05, 0) is 55.3 Å². The Bertz CT molecular complexity index is 744. The minimum absolute atomic E-state index is 0.282. The second kappa shape index (κ2) is 11.2. The van der Waals surface area contributed by atoms with Crippen LogP contribution in [0.15, 0.2) is 42.5 Å². The maximum Gasteiger partial charge on any atom is 0.207 e. The lowest BCUT2D eigenvalue weighted by Gasteiger charge is -2.41. The number of rotatable bonds is 5. The summed E-state index contributed by atoms with van der Waals surface area (Å²) in [6.45, 7) is 5.95. The van der Waals surface area contributed by atoms with Gasteiger partial charge in [-0.2, -0.15) is 0 Å². The van der Waals surface area contributed by atoms with E-state index in [2.05, 4.69) is 30.4 Å². The van der Waals surface area contributed by atoms with Crippen molar-refractivity contribution in [1.29, 1.82) is 0 Å². The van der Waals surface area contributed by atoms with E-state index in [4.69, 9.17) is 16.3 Å². The molecule has 0 unspecified atom stereocenters. The van der Waals surface area contributed by atoms with Gasteiger partial charge >= 0.3 is 0 Å². The van der Waals surface area contributed by atoms with Gasteiger partial charge in [0, 0.05) is 17.3 Å². The van der Waals surface area contributed by atoms with Crippen LogP contribution in [-0.4, -0.2) is 26.2 Å². The normalized spacial score (nSPS) is 13.6. The van der Waals surface area contributed by atoms with E-state index in [0.29, 0.717) is 19.6 Å². The molecule has 3 rings (SSSR count). The van der Waals surface area contributed by atoms with E-state index in [1.807, 2.05) is 25.1 Å². The molecule has 2 N–H and O–H groups in total. The van der Waals surface area contributed by atoms with Crippen LogP contribution in [0, 0.1) is 25.6 Å². The number of hydrogen-bond acceptors (Lipinski definition) is 3. The summed E-state index contributed by atoms with van der Waals surface area (Å²) in [5, 5.41) is 6.74. The molecule has 0 spiro atoms. The Kier molecular flexibility index (Phi) is 9.35. The molecular formula is C21H24ClFN2O2. The van der Waals surface area contributed by atoms with Gasteiger partial charge < -0.3 is 15.4 Å². The fourth-order valence-corrected chi connectivity index (χ4v) is 2.76. The zero-order chi connectivity index (χ0) is 20.3. The maximum absolute atomic E-state index is 12.7. The van der Waals surface area contributed by atoms with Crippen LogP contribution in [0.2, 0.25) is 5.02 Å². The van der Waals surface area contributed by atoms with Crippen molar-refractivity contribution in [2.45, 2.75) is 19.4 Å². The quantitative estimate of drug-likeness (QED) is 0.596. The van der Waals surface area contributed by atoms with Crippen molar-refractivity contribution >= 4 is 23.7 Å². The molecular weight excluding hydrogens is 367 g/mol. The van der Waals surface area contributed by atoms with Gasteiger partial charge in [0.1, 0.15) is 11.4 Å². The molecule has 0 saturated carbocycles. The number of benzene rings is 2. The lowest BCUT2D eigenvalue weighted by Crippen LogP contribution is -2.57. The summed E-state index contributed by atoms with van der Waals surface area (Å²) in [4.78, 5) is 10.4. The van der Waals surface area contributed by atoms with Gasteiger partial charge in [-0.15, -0.1) is 12.8 Å². The fourth-order valence-electron chi connectivity index (χ4n) is 2.54. The number of hydrogen-bond donors (Lipinski definition) is 2. The smallest absolute Gasteiger partial charge is 0.207 e. The van der Waals surface area contributed by atoms with Crippen molar-refractivity contribution < 1.29 is 13.9 Å². The molecule has 0 radical (unpaired) electrons. The van der Waals surface area contributed by atoms with Gasteiger partial charge in [0.05, 0.1) is 13.2 Å². The highest BCUT2D eigenvalue weighted by Gasteiger charge is 2.39. The molecule has 2 aromatic carbocycles. The first-order valence-corrected chi connectivity index (χ1v) is 8.77. The molecule has 1 amide bonds. The minimum atomic E-state index is -0.449. The molecule has 1 fully saturated rings. The molecule has 27 heavy (non-hydrogen) atoms. The first-order valence-electron chi connectivity index (χ1n) is 8.39. The van der Waals surface area contributed by atoms with Crippen LogP contribution >= 0.6 is 11.6 Å². The molecule has 1 aliphatic heterocycles. The second-order valence-electron chi connectivity index (χ2n) is 5.83. The number of anilines is 1. The van der Waals surface area contributed by atoms with E-state index in [9.17, 15) is 9.18 Å². The Morgan fingerprint density at radius 3 is 2.30 bits per heavy atom. The molecule has 0 aliphatic carbocycles. The number of nitrogens with one attached hydrogen (secondary N) is 2. The predicted octanol–water partition coefficient (Wildman–Crippen LogP) is 4.13. The Labute approximate surface area is 165 Å². The SMILES string of the molecule is C#C.CCNc1ccc(Cl)cc1C.O=CNC1(c2ccc(F)cc2)COC1. The topological polar surface area (TPSA) is 50.4 Å².